The van der Waals surface area contributed by atoms with Crippen LogP contribution < -0.4 is 0 Å². The number of rotatable bonds is 1. The summed E-state index contributed by atoms with van der Waals surface area (Å²) in [7, 11) is 0. The van der Waals surface area contributed by atoms with Crippen LogP contribution in [0.15, 0.2) is 24.5 Å². The average molecular weight is 258 g/mol. The highest BCUT2D eigenvalue weighted by Gasteiger charge is 2.42. The van der Waals surface area contributed by atoms with E-state index in [1.165, 1.54) is 29.4 Å². The Labute approximate surface area is 103 Å². The molecule has 0 radical (unpaired) electrons. The molecule has 1 atom stereocenters. The third-order valence-electron chi connectivity index (χ3n) is 3.10. The fraction of sp³-hybridized carbons (Fsp3) is 0.500. The van der Waals surface area contributed by atoms with Crippen LogP contribution in [0, 0.1) is 5.92 Å². The molecule has 0 bridgehead atoms. The van der Waals surface area contributed by atoms with E-state index in [-0.39, 0.29) is 18.9 Å². The van der Waals surface area contributed by atoms with Crippen molar-refractivity contribution in [3.63, 3.8) is 0 Å². The van der Waals surface area contributed by atoms with Gasteiger partial charge in [0.15, 0.2) is 0 Å². The minimum absolute atomic E-state index is 0.101. The molecule has 18 heavy (non-hydrogen) atoms. The van der Waals surface area contributed by atoms with Gasteiger partial charge < -0.3 is 4.90 Å². The van der Waals surface area contributed by atoms with Gasteiger partial charge >= 0.3 is 6.18 Å². The molecule has 1 amide bonds. The normalized spacial score (nSPS) is 20.8. The van der Waals surface area contributed by atoms with E-state index in [2.05, 4.69) is 4.98 Å². The summed E-state index contributed by atoms with van der Waals surface area (Å²) in [6.07, 6.45) is -0.821. The number of carbonyl (C=O) groups is 1. The fourth-order valence-electron chi connectivity index (χ4n) is 2.11. The van der Waals surface area contributed by atoms with E-state index >= 15 is 0 Å². The number of pyridine rings is 1. The Morgan fingerprint density at radius 3 is 2.61 bits per heavy atom. The molecule has 0 saturated carbocycles. The quantitative estimate of drug-likeness (QED) is 0.775. The molecule has 0 unspecified atom stereocenters. The second-order valence-corrected chi connectivity index (χ2v) is 4.37. The summed E-state index contributed by atoms with van der Waals surface area (Å²) in [5.74, 6) is -1.76. The van der Waals surface area contributed by atoms with Crippen molar-refractivity contribution in [2.75, 3.05) is 13.1 Å². The second kappa shape index (κ2) is 4.96. The van der Waals surface area contributed by atoms with E-state index in [1.54, 1.807) is 0 Å². The lowest BCUT2D eigenvalue weighted by Gasteiger charge is -2.33. The monoisotopic (exact) mass is 258 g/mol. The van der Waals surface area contributed by atoms with E-state index in [4.69, 9.17) is 0 Å². The van der Waals surface area contributed by atoms with E-state index in [1.807, 2.05) is 0 Å². The van der Waals surface area contributed by atoms with Crippen LogP contribution in [0.4, 0.5) is 13.2 Å². The minimum Gasteiger partial charge on any atom is -0.338 e. The maximum atomic E-state index is 12.6. The van der Waals surface area contributed by atoms with E-state index in [9.17, 15) is 18.0 Å². The number of amides is 1. The van der Waals surface area contributed by atoms with Crippen molar-refractivity contribution in [2.24, 2.45) is 5.92 Å². The first-order valence-corrected chi connectivity index (χ1v) is 5.74. The Morgan fingerprint density at radius 1 is 1.33 bits per heavy atom. The molecule has 0 aromatic carbocycles. The minimum atomic E-state index is -4.23. The summed E-state index contributed by atoms with van der Waals surface area (Å²) >= 11 is 0. The molecular formula is C12H13F3N2O. The Kier molecular flexibility index (Phi) is 3.54. The molecule has 0 N–H and O–H groups in total. The lowest BCUT2D eigenvalue weighted by molar-refractivity contribution is -0.184. The molecule has 6 heteroatoms. The van der Waals surface area contributed by atoms with Crippen LogP contribution in [-0.2, 0) is 0 Å². The first-order chi connectivity index (χ1) is 8.48. The predicted octanol–water partition coefficient (Wildman–Crippen LogP) is 2.50. The summed E-state index contributed by atoms with van der Waals surface area (Å²) in [4.78, 5) is 17.1. The van der Waals surface area contributed by atoms with Crippen LogP contribution in [0.25, 0.3) is 0 Å². The Balaban J connectivity index is 2.08. The molecule has 1 aliphatic heterocycles. The number of hydrogen-bond acceptors (Lipinski definition) is 2. The summed E-state index contributed by atoms with van der Waals surface area (Å²) in [6, 6.07) is 3.03. The third kappa shape index (κ3) is 2.80. The zero-order chi connectivity index (χ0) is 13.2. The van der Waals surface area contributed by atoms with Gasteiger partial charge in [-0.25, -0.2) is 0 Å². The number of halogens is 3. The molecule has 98 valence electrons. The van der Waals surface area contributed by atoms with Crippen molar-refractivity contribution >= 4 is 5.91 Å². The highest BCUT2D eigenvalue weighted by Crippen LogP contribution is 2.33. The summed E-state index contributed by atoms with van der Waals surface area (Å²) in [5.41, 5.74) is 0.382. The molecule has 2 heterocycles. The van der Waals surface area contributed by atoms with Crippen LogP contribution >= 0.6 is 0 Å². The molecule has 1 aromatic rings. The number of alkyl halides is 3. The van der Waals surface area contributed by atoms with E-state index in [0.29, 0.717) is 18.5 Å². The number of likely N-dealkylation sites (tertiary alicyclic amines) is 1. The zero-order valence-electron chi connectivity index (χ0n) is 9.65. The van der Waals surface area contributed by atoms with Gasteiger partial charge in [0, 0.05) is 31.0 Å². The topological polar surface area (TPSA) is 33.2 Å². The molecule has 1 aromatic heterocycles. The number of hydrogen-bond donors (Lipinski definition) is 0. The van der Waals surface area contributed by atoms with Gasteiger partial charge in [-0.05, 0) is 25.0 Å². The average Bonchev–Trinajstić information content (AvgIpc) is 2.38. The number of aromatic nitrogens is 1. The molecule has 1 aliphatic rings. The fourth-order valence-corrected chi connectivity index (χ4v) is 2.11. The van der Waals surface area contributed by atoms with Gasteiger partial charge in [0.2, 0.25) is 0 Å². The van der Waals surface area contributed by atoms with Gasteiger partial charge in [0.05, 0.1) is 5.92 Å². The van der Waals surface area contributed by atoms with Crippen molar-refractivity contribution in [1.82, 2.24) is 9.88 Å². The molecule has 3 nitrogen and oxygen atoms in total. The first kappa shape index (κ1) is 12.9. The standard InChI is InChI=1S/C12H13F3N2O/c13-12(14,15)10-2-1-7-17(8-10)11(18)9-3-5-16-6-4-9/h3-6,10H,1-2,7-8H2/t10-/m0/s1. The lowest BCUT2D eigenvalue weighted by Crippen LogP contribution is -2.44. The van der Waals surface area contributed by atoms with Crippen molar-refractivity contribution in [3.8, 4) is 0 Å². The SMILES string of the molecule is O=C(c1ccncc1)N1CCC[C@H](C(F)(F)F)C1. The Morgan fingerprint density at radius 2 is 2.00 bits per heavy atom. The van der Waals surface area contributed by atoms with Crippen molar-refractivity contribution < 1.29 is 18.0 Å². The maximum absolute atomic E-state index is 12.6. The van der Waals surface area contributed by atoms with Gasteiger partial charge in [-0.2, -0.15) is 13.2 Å². The van der Waals surface area contributed by atoms with E-state index in [0.717, 1.165) is 0 Å². The highest BCUT2D eigenvalue weighted by atomic mass is 19.4. The third-order valence-corrected chi connectivity index (χ3v) is 3.10. The molecular weight excluding hydrogens is 245 g/mol. The van der Waals surface area contributed by atoms with Gasteiger partial charge in [-0.3, -0.25) is 9.78 Å². The molecule has 0 spiro atoms. The van der Waals surface area contributed by atoms with E-state index < -0.39 is 12.1 Å². The zero-order valence-corrected chi connectivity index (χ0v) is 9.65. The first-order valence-electron chi connectivity index (χ1n) is 5.74. The Hall–Kier alpha value is -1.59. The predicted molar refractivity (Wildman–Crippen MR) is 58.9 cm³/mol. The molecule has 2 rings (SSSR count). The second-order valence-electron chi connectivity index (χ2n) is 4.37. The summed E-state index contributed by atoms with van der Waals surface area (Å²) in [5, 5.41) is 0. The van der Waals surface area contributed by atoms with Gasteiger partial charge in [0.25, 0.3) is 5.91 Å². The van der Waals surface area contributed by atoms with Crippen LogP contribution in [0.2, 0.25) is 0 Å². The van der Waals surface area contributed by atoms with Gasteiger partial charge in [-0.15, -0.1) is 0 Å². The maximum Gasteiger partial charge on any atom is 0.393 e. The summed E-state index contributed by atoms with van der Waals surface area (Å²) < 4.78 is 37.9. The lowest BCUT2D eigenvalue weighted by atomic mass is 9.97. The van der Waals surface area contributed by atoms with Crippen molar-refractivity contribution in [1.29, 1.82) is 0 Å². The van der Waals surface area contributed by atoms with Crippen molar-refractivity contribution in [2.45, 2.75) is 19.0 Å². The highest BCUT2D eigenvalue weighted by molar-refractivity contribution is 5.94. The Bertz CT molecular complexity index is 419. The van der Waals surface area contributed by atoms with Crippen LogP contribution in [0.1, 0.15) is 23.2 Å². The molecule has 1 saturated heterocycles. The van der Waals surface area contributed by atoms with Gasteiger partial charge in [0.1, 0.15) is 0 Å². The van der Waals surface area contributed by atoms with Crippen LogP contribution in [-0.4, -0.2) is 35.1 Å². The van der Waals surface area contributed by atoms with Gasteiger partial charge in [-0.1, -0.05) is 0 Å². The summed E-state index contributed by atoms with van der Waals surface area (Å²) in [6.45, 7) is 0.137. The number of nitrogens with zero attached hydrogens (tertiary/aromatic N) is 2. The van der Waals surface area contributed by atoms with Crippen molar-refractivity contribution in [3.05, 3.63) is 30.1 Å². The van der Waals surface area contributed by atoms with Crippen LogP contribution in [0.5, 0.6) is 0 Å². The van der Waals surface area contributed by atoms with Crippen LogP contribution in [0.3, 0.4) is 0 Å². The molecule has 0 aliphatic carbocycles. The molecule has 1 fully saturated rings. The number of carbonyl (C=O) groups excluding carboxylic acids is 1. The largest absolute Gasteiger partial charge is 0.393 e. The number of piperidine rings is 1. The smallest absolute Gasteiger partial charge is 0.338 e.